The molecular formula is C17H22N2O. The van der Waals surface area contributed by atoms with E-state index >= 15 is 0 Å². The van der Waals surface area contributed by atoms with Crippen LogP contribution in [0.25, 0.3) is 10.9 Å². The van der Waals surface area contributed by atoms with Gasteiger partial charge in [-0.3, -0.25) is 9.78 Å². The van der Waals surface area contributed by atoms with E-state index in [0.717, 1.165) is 22.3 Å². The number of aromatic nitrogens is 1. The zero-order chi connectivity index (χ0) is 14.9. The van der Waals surface area contributed by atoms with Crippen molar-refractivity contribution in [1.82, 2.24) is 4.98 Å². The van der Waals surface area contributed by atoms with Crippen LogP contribution in [0.15, 0.2) is 30.3 Å². The van der Waals surface area contributed by atoms with Gasteiger partial charge in [0, 0.05) is 28.1 Å². The Hall–Kier alpha value is -1.90. The summed E-state index contributed by atoms with van der Waals surface area (Å²) in [5.41, 5.74) is 2.89. The molecule has 2 aromatic rings. The molecule has 3 heteroatoms. The van der Waals surface area contributed by atoms with E-state index in [4.69, 9.17) is 0 Å². The summed E-state index contributed by atoms with van der Waals surface area (Å²) in [6.07, 6.45) is 0. The van der Waals surface area contributed by atoms with Gasteiger partial charge in [0.15, 0.2) is 0 Å². The SMILES string of the molecule is CC(C)C(=O)Nc1ccc2nc(C(C)(C)C)ccc2c1. The molecule has 0 bridgehead atoms. The molecule has 0 spiro atoms. The number of anilines is 1. The lowest BCUT2D eigenvalue weighted by molar-refractivity contribution is -0.118. The molecule has 0 radical (unpaired) electrons. The van der Waals surface area contributed by atoms with Crippen LogP contribution in [0.4, 0.5) is 5.69 Å². The molecular weight excluding hydrogens is 248 g/mol. The first kappa shape index (κ1) is 14.5. The maximum absolute atomic E-state index is 11.7. The van der Waals surface area contributed by atoms with Gasteiger partial charge in [-0.15, -0.1) is 0 Å². The van der Waals surface area contributed by atoms with Gasteiger partial charge in [0.2, 0.25) is 5.91 Å². The molecule has 0 aliphatic carbocycles. The van der Waals surface area contributed by atoms with E-state index < -0.39 is 0 Å². The smallest absolute Gasteiger partial charge is 0.226 e. The summed E-state index contributed by atoms with van der Waals surface area (Å²) in [6, 6.07) is 9.95. The van der Waals surface area contributed by atoms with Crippen molar-refractivity contribution in [2.24, 2.45) is 5.92 Å². The van der Waals surface area contributed by atoms with Crippen molar-refractivity contribution in [3.8, 4) is 0 Å². The number of hydrogen-bond donors (Lipinski definition) is 1. The first-order chi connectivity index (χ1) is 9.27. The van der Waals surface area contributed by atoms with Crippen molar-refractivity contribution in [2.75, 3.05) is 5.32 Å². The Balaban J connectivity index is 2.34. The van der Waals surface area contributed by atoms with Gasteiger partial charge in [0.25, 0.3) is 0 Å². The number of nitrogens with one attached hydrogen (secondary N) is 1. The molecule has 20 heavy (non-hydrogen) atoms. The highest BCUT2D eigenvalue weighted by Crippen LogP contribution is 2.24. The third-order valence-electron chi connectivity index (χ3n) is 3.25. The van der Waals surface area contributed by atoms with Gasteiger partial charge >= 0.3 is 0 Å². The molecule has 0 unspecified atom stereocenters. The topological polar surface area (TPSA) is 42.0 Å². The lowest BCUT2D eigenvalue weighted by Gasteiger charge is -2.18. The molecule has 0 aliphatic heterocycles. The Labute approximate surface area is 120 Å². The van der Waals surface area contributed by atoms with Crippen molar-refractivity contribution < 1.29 is 4.79 Å². The number of pyridine rings is 1. The highest BCUT2D eigenvalue weighted by Gasteiger charge is 2.15. The maximum Gasteiger partial charge on any atom is 0.226 e. The third-order valence-corrected chi connectivity index (χ3v) is 3.25. The second-order valence-electron chi connectivity index (χ2n) is 6.50. The Kier molecular flexibility index (Phi) is 3.80. The van der Waals surface area contributed by atoms with E-state index in [0.29, 0.717) is 0 Å². The van der Waals surface area contributed by atoms with Crippen LogP contribution in [0.5, 0.6) is 0 Å². The minimum Gasteiger partial charge on any atom is -0.326 e. The van der Waals surface area contributed by atoms with Crippen LogP contribution in [0.2, 0.25) is 0 Å². The standard InChI is InChI=1S/C17H22N2O/c1-11(2)16(20)18-13-7-8-14-12(10-13)6-9-15(19-14)17(3,4)5/h6-11H,1-5H3,(H,18,20). The van der Waals surface area contributed by atoms with Gasteiger partial charge < -0.3 is 5.32 Å². The highest BCUT2D eigenvalue weighted by atomic mass is 16.1. The number of hydrogen-bond acceptors (Lipinski definition) is 2. The molecule has 1 aromatic carbocycles. The van der Waals surface area contributed by atoms with Gasteiger partial charge in [0.1, 0.15) is 0 Å². The van der Waals surface area contributed by atoms with E-state index in [-0.39, 0.29) is 17.2 Å². The molecule has 0 aliphatic rings. The summed E-state index contributed by atoms with van der Waals surface area (Å²) >= 11 is 0. The molecule has 1 N–H and O–H groups in total. The molecule has 106 valence electrons. The fraction of sp³-hybridized carbons (Fsp3) is 0.412. The second-order valence-corrected chi connectivity index (χ2v) is 6.50. The minimum atomic E-state index is -0.0212. The van der Waals surface area contributed by atoms with E-state index in [1.807, 2.05) is 32.0 Å². The molecule has 2 rings (SSSR count). The van der Waals surface area contributed by atoms with Crippen molar-refractivity contribution >= 4 is 22.5 Å². The van der Waals surface area contributed by atoms with Crippen LogP contribution < -0.4 is 5.32 Å². The maximum atomic E-state index is 11.7. The molecule has 0 saturated heterocycles. The van der Waals surface area contributed by atoms with E-state index in [1.54, 1.807) is 0 Å². The van der Waals surface area contributed by atoms with Crippen LogP contribution >= 0.6 is 0 Å². The van der Waals surface area contributed by atoms with E-state index in [9.17, 15) is 4.79 Å². The zero-order valence-electron chi connectivity index (χ0n) is 12.8. The summed E-state index contributed by atoms with van der Waals surface area (Å²) in [7, 11) is 0. The minimum absolute atomic E-state index is 0.0212. The summed E-state index contributed by atoms with van der Waals surface area (Å²) in [5.74, 6) is 0.00992. The molecule has 1 heterocycles. The molecule has 0 atom stereocenters. The lowest BCUT2D eigenvalue weighted by atomic mass is 9.91. The number of fused-ring (bicyclic) bond motifs is 1. The third kappa shape index (κ3) is 3.16. The average molecular weight is 270 g/mol. The summed E-state index contributed by atoms with van der Waals surface area (Å²) in [5, 5.41) is 3.95. The molecule has 1 amide bonds. The Morgan fingerprint density at radius 1 is 1.15 bits per heavy atom. The van der Waals surface area contributed by atoms with Gasteiger partial charge in [-0.1, -0.05) is 40.7 Å². The van der Waals surface area contributed by atoms with Crippen molar-refractivity contribution in [2.45, 2.75) is 40.0 Å². The molecule has 1 aromatic heterocycles. The average Bonchev–Trinajstić information content (AvgIpc) is 2.36. The number of amides is 1. The van der Waals surface area contributed by atoms with E-state index in [2.05, 4.69) is 43.2 Å². The van der Waals surface area contributed by atoms with Gasteiger partial charge in [0.05, 0.1) is 5.52 Å². The quantitative estimate of drug-likeness (QED) is 0.891. The molecule has 0 fully saturated rings. The first-order valence-electron chi connectivity index (χ1n) is 6.99. The van der Waals surface area contributed by atoms with Crippen molar-refractivity contribution in [3.05, 3.63) is 36.0 Å². The second kappa shape index (κ2) is 5.23. The zero-order valence-corrected chi connectivity index (χ0v) is 12.8. The fourth-order valence-corrected chi connectivity index (χ4v) is 1.91. The Morgan fingerprint density at radius 2 is 1.85 bits per heavy atom. The monoisotopic (exact) mass is 270 g/mol. The number of nitrogens with zero attached hydrogens (tertiary/aromatic N) is 1. The summed E-state index contributed by atoms with van der Waals surface area (Å²) < 4.78 is 0. The Morgan fingerprint density at radius 3 is 2.45 bits per heavy atom. The van der Waals surface area contributed by atoms with Gasteiger partial charge in [-0.05, 0) is 24.3 Å². The predicted octanol–water partition coefficient (Wildman–Crippen LogP) is 4.13. The largest absolute Gasteiger partial charge is 0.326 e. The van der Waals surface area contributed by atoms with Gasteiger partial charge in [-0.2, -0.15) is 0 Å². The fourth-order valence-electron chi connectivity index (χ4n) is 1.91. The highest BCUT2D eigenvalue weighted by molar-refractivity contribution is 5.94. The first-order valence-corrected chi connectivity index (χ1v) is 6.99. The van der Waals surface area contributed by atoms with Crippen LogP contribution in [0.3, 0.4) is 0 Å². The number of carbonyl (C=O) groups excluding carboxylic acids is 1. The van der Waals surface area contributed by atoms with Crippen LogP contribution in [-0.4, -0.2) is 10.9 Å². The molecule has 3 nitrogen and oxygen atoms in total. The summed E-state index contributed by atoms with van der Waals surface area (Å²) in [4.78, 5) is 16.4. The van der Waals surface area contributed by atoms with Crippen LogP contribution in [0.1, 0.15) is 40.3 Å². The summed E-state index contributed by atoms with van der Waals surface area (Å²) in [6.45, 7) is 10.2. The number of benzene rings is 1. The Bertz CT molecular complexity index is 639. The van der Waals surface area contributed by atoms with E-state index in [1.165, 1.54) is 0 Å². The van der Waals surface area contributed by atoms with Crippen molar-refractivity contribution in [1.29, 1.82) is 0 Å². The molecule has 0 saturated carbocycles. The number of carbonyl (C=O) groups is 1. The van der Waals surface area contributed by atoms with Crippen LogP contribution in [0, 0.1) is 5.92 Å². The lowest BCUT2D eigenvalue weighted by Crippen LogP contribution is -2.17. The predicted molar refractivity (Wildman–Crippen MR) is 83.9 cm³/mol. The normalized spacial score (nSPS) is 11.9. The van der Waals surface area contributed by atoms with Gasteiger partial charge in [-0.25, -0.2) is 0 Å². The van der Waals surface area contributed by atoms with Crippen molar-refractivity contribution in [3.63, 3.8) is 0 Å². The van der Waals surface area contributed by atoms with Crippen LogP contribution in [-0.2, 0) is 10.2 Å². The number of rotatable bonds is 2.